The summed E-state index contributed by atoms with van der Waals surface area (Å²) in [7, 11) is -1.81. The van der Waals surface area contributed by atoms with Gasteiger partial charge in [0, 0.05) is 24.3 Å². The molecule has 1 aromatic carbocycles. The second-order valence-corrected chi connectivity index (χ2v) is 7.87. The molecular formula is C15H21N3O4S. The SMILES string of the molecule is COc1cc(NC(=O)NC2CC2)ccc1N1CCCCS1(=O)=O. The van der Waals surface area contributed by atoms with Gasteiger partial charge in [-0.1, -0.05) is 0 Å². The zero-order valence-corrected chi connectivity index (χ0v) is 13.9. The fourth-order valence-corrected chi connectivity index (χ4v) is 4.25. The van der Waals surface area contributed by atoms with Crippen molar-refractivity contribution < 1.29 is 17.9 Å². The van der Waals surface area contributed by atoms with Gasteiger partial charge in [-0.15, -0.1) is 0 Å². The summed E-state index contributed by atoms with van der Waals surface area (Å²) >= 11 is 0. The second-order valence-electron chi connectivity index (χ2n) is 5.85. The Balaban J connectivity index is 1.80. The Labute approximate surface area is 136 Å². The van der Waals surface area contributed by atoms with Crippen LogP contribution in [0.15, 0.2) is 18.2 Å². The number of nitrogens with one attached hydrogen (secondary N) is 2. The number of hydrogen-bond donors (Lipinski definition) is 2. The summed E-state index contributed by atoms with van der Waals surface area (Å²) in [5.74, 6) is 0.583. The molecule has 2 fully saturated rings. The first-order valence-electron chi connectivity index (χ1n) is 7.75. The number of nitrogens with zero attached hydrogens (tertiary/aromatic N) is 1. The molecule has 1 heterocycles. The summed E-state index contributed by atoms with van der Waals surface area (Å²) in [6, 6.07) is 5.03. The number of ether oxygens (including phenoxy) is 1. The first-order valence-corrected chi connectivity index (χ1v) is 9.36. The number of urea groups is 1. The molecule has 0 atom stereocenters. The van der Waals surface area contributed by atoms with E-state index in [1.807, 2.05) is 0 Å². The number of carbonyl (C=O) groups excluding carboxylic acids is 1. The van der Waals surface area contributed by atoms with E-state index in [9.17, 15) is 13.2 Å². The van der Waals surface area contributed by atoms with Crippen LogP contribution in [-0.4, -0.2) is 39.9 Å². The van der Waals surface area contributed by atoms with Crippen molar-refractivity contribution in [1.82, 2.24) is 5.32 Å². The second kappa shape index (κ2) is 6.27. The molecule has 0 radical (unpaired) electrons. The fraction of sp³-hybridized carbons (Fsp3) is 0.533. The third-order valence-electron chi connectivity index (χ3n) is 3.97. The minimum atomic E-state index is -3.30. The van der Waals surface area contributed by atoms with Gasteiger partial charge < -0.3 is 15.4 Å². The van der Waals surface area contributed by atoms with Crippen molar-refractivity contribution in [3.8, 4) is 5.75 Å². The number of rotatable bonds is 4. The molecule has 1 aromatic rings. The Morgan fingerprint density at radius 3 is 2.74 bits per heavy atom. The molecule has 1 aliphatic carbocycles. The quantitative estimate of drug-likeness (QED) is 0.877. The van der Waals surface area contributed by atoms with E-state index in [1.165, 1.54) is 11.4 Å². The van der Waals surface area contributed by atoms with Crippen LogP contribution in [-0.2, 0) is 10.0 Å². The predicted octanol–water partition coefficient (Wildman–Crippen LogP) is 1.91. The summed E-state index contributed by atoms with van der Waals surface area (Å²) in [5, 5.41) is 5.57. The average molecular weight is 339 g/mol. The summed E-state index contributed by atoms with van der Waals surface area (Å²) < 4.78 is 31.2. The number of sulfonamides is 1. The van der Waals surface area contributed by atoms with E-state index in [1.54, 1.807) is 18.2 Å². The first-order chi connectivity index (χ1) is 11.0. The number of amides is 2. The first kappa shape index (κ1) is 15.9. The lowest BCUT2D eigenvalue weighted by atomic mass is 10.2. The normalized spacial score (nSPS) is 20.0. The van der Waals surface area contributed by atoms with Gasteiger partial charge in [-0.2, -0.15) is 0 Å². The number of carbonyl (C=O) groups is 1. The molecule has 2 amide bonds. The fourth-order valence-electron chi connectivity index (χ4n) is 2.60. The van der Waals surface area contributed by atoms with Crippen LogP contribution in [0.4, 0.5) is 16.2 Å². The van der Waals surface area contributed by atoms with E-state index >= 15 is 0 Å². The van der Waals surface area contributed by atoms with Gasteiger partial charge in [0.25, 0.3) is 0 Å². The highest BCUT2D eigenvalue weighted by Gasteiger charge is 2.28. The number of hydrogen-bond acceptors (Lipinski definition) is 4. The van der Waals surface area contributed by atoms with Gasteiger partial charge >= 0.3 is 6.03 Å². The number of anilines is 2. The van der Waals surface area contributed by atoms with E-state index in [4.69, 9.17) is 4.74 Å². The molecule has 1 saturated carbocycles. The van der Waals surface area contributed by atoms with Crippen molar-refractivity contribution in [1.29, 1.82) is 0 Å². The molecule has 2 aliphatic rings. The smallest absolute Gasteiger partial charge is 0.319 e. The van der Waals surface area contributed by atoms with Gasteiger partial charge in [-0.25, -0.2) is 13.2 Å². The summed E-state index contributed by atoms with van der Waals surface area (Å²) in [4.78, 5) is 11.8. The topological polar surface area (TPSA) is 87.7 Å². The molecule has 3 rings (SSSR count). The largest absolute Gasteiger partial charge is 0.494 e. The van der Waals surface area contributed by atoms with E-state index in [2.05, 4.69) is 10.6 Å². The zero-order chi connectivity index (χ0) is 16.4. The van der Waals surface area contributed by atoms with E-state index in [0.717, 1.165) is 19.3 Å². The van der Waals surface area contributed by atoms with Crippen molar-refractivity contribution in [2.24, 2.45) is 0 Å². The van der Waals surface area contributed by atoms with Gasteiger partial charge in [-0.05, 0) is 37.8 Å². The molecule has 23 heavy (non-hydrogen) atoms. The summed E-state index contributed by atoms with van der Waals surface area (Å²) in [6.07, 6.45) is 3.54. The minimum absolute atomic E-state index is 0.153. The van der Waals surface area contributed by atoms with Crippen molar-refractivity contribution in [3.05, 3.63) is 18.2 Å². The maximum absolute atomic E-state index is 12.2. The monoisotopic (exact) mass is 339 g/mol. The van der Waals surface area contributed by atoms with Crippen molar-refractivity contribution in [2.45, 2.75) is 31.7 Å². The highest BCUT2D eigenvalue weighted by atomic mass is 32.2. The molecule has 0 spiro atoms. The lowest BCUT2D eigenvalue weighted by molar-refractivity contribution is 0.251. The van der Waals surface area contributed by atoms with Crippen LogP contribution in [0, 0.1) is 0 Å². The van der Waals surface area contributed by atoms with Crippen molar-refractivity contribution in [3.63, 3.8) is 0 Å². The Kier molecular flexibility index (Phi) is 4.34. The van der Waals surface area contributed by atoms with Gasteiger partial charge in [0.15, 0.2) is 0 Å². The zero-order valence-electron chi connectivity index (χ0n) is 13.0. The molecule has 2 N–H and O–H groups in total. The van der Waals surface area contributed by atoms with E-state index in [0.29, 0.717) is 30.1 Å². The predicted molar refractivity (Wildman–Crippen MR) is 88.5 cm³/mol. The van der Waals surface area contributed by atoms with Gasteiger partial charge in [0.2, 0.25) is 10.0 Å². The van der Waals surface area contributed by atoms with Gasteiger partial charge in [0.1, 0.15) is 5.75 Å². The van der Waals surface area contributed by atoms with E-state index < -0.39 is 10.0 Å². The standard InChI is InChI=1S/C15H21N3O4S/c1-22-14-10-12(17-15(19)16-11-4-5-11)6-7-13(14)18-8-2-3-9-23(18,20)21/h6-7,10-11H,2-5,8-9H2,1H3,(H2,16,17,19). The van der Waals surface area contributed by atoms with Crippen molar-refractivity contribution in [2.75, 3.05) is 29.0 Å². The molecule has 1 aliphatic heterocycles. The van der Waals surface area contributed by atoms with Gasteiger partial charge in [0.05, 0.1) is 18.6 Å². The molecule has 8 heteroatoms. The Morgan fingerprint density at radius 1 is 1.30 bits per heavy atom. The van der Waals surface area contributed by atoms with Gasteiger partial charge in [-0.3, -0.25) is 4.31 Å². The lowest BCUT2D eigenvalue weighted by Crippen LogP contribution is -2.38. The third-order valence-corrected chi connectivity index (χ3v) is 5.82. The molecular weight excluding hydrogens is 318 g/mol. The Morgan fingerprint density at radius 2 is 2.09 bits per heavy atom. The minimum Gasteiger partial charge on any atom is -0.494 e. The average Bonchev–Trinajstić information content (AvgIpc) is 3.31. The van der Waals surface area contributed by atoms with Crippen LogP contribution < -0.4 is 19.7 Å². The van der Waals surface area contributed by atoms with Crippen LogP contribution in [0.1, 0.15) is 25.7 Å². The third kappa shape index (κ3) is 3.69. The molecule has 0 aromatic heterocycles. The Hall–Kier alpha value is -1.96. The maximum atomic E-state index is 12.2. The molecule has 0 unspecified atom stereocenters. The number of methoxy groups -OCH3 is 1. The Bertz CT molecular complexity index is 701. The van der Waals surface area contributed by atoms with Crippen LogP contribution >= 0.6 is 0 Å². The van der Waals surface area contributed by atoms with Crippen LogP contribution in [0.3, 0.4) is 0 Å². The van der Waals surface area contributed by atoms with Crippen molar-refractivity contribution >= 4 is 27.4 Å². The molecule has 0 bridgehead atoms. The highest BCUT2D eigenvalue weighted by molar-refractivity contribution is 7.92. The van der Waals surface area contributed by atoms with Crippen LogP contribution in [0.25, 0.3) is 0 Å². The summed E-state index contributed by atoms with van der Waals surface area (Å²) in [5.41, 5.74) is 1.08. The maximum Gasteiger partial charge on any atom is 0.319 e. The molecule has 126 valence electrons. The van der Waals surface area contributed by atoms with E-state index in [-0.39, 0.29) is 17.8 Å². The lowest BCUT2D eigenvalue weighted by Gasteiger charge is -2.29. The summed E-state index contributed by atoms with van der Waals surface area (Å²) in [6.45, 7) is 0.452. The molecule has 1 saturated heterocycles. The van der Waals surface area contributed by atoms with Crippen LogP contribution in [0.5, 0.6) is 5.75 Å². The highest BCUT2D eigenvalue weighted by Crippen LogP contribution is 2.34. The molecule has 7 nitrogen and oxygen atoms in total. The number of benzene rings is 1. The van der Waals surface area contributed by atoms with Crippen LogP contribution in [0.2, 0.25) is 0 Å².